The van der Waals surface area contributed by atoms with Crippen LogP contribution in [0.1, 0.15) is 63.9 Å². The molecule has 0 aromatic heterocycles. The average molecular weight is 261 g/mol. The number of rotatable bonds is 11. The molecule has 1 rings (SSSR count). The number of hydrogen-bond donors (Lipinski definition) is 1. The van der Waals surface area contributed by atoms with Gasteiger partial charge in [-0.3, -0.25) is 4.79 Å². The Morgan fingerprint density at radius 2 is 1.47 bits per heavy atom. The summed E-state index contributed by atoms with van der Waals surface area (Å²) in [6, 6.07) is 8.14. The molecule has 0 aliphatic heterocycles. The van der Waals surface area contributed by atoms with Crippen molar-refractivity contribution in [1.82, 2.24) is 0 Å². The molecular formula is C17H27NO. The molecule has 0 spiro atoms. The zero-order chi connectivity index (χ0) is 13.8. The maximum atomic E-state index is 10.3. The number of carbonyl (C=O) groups is 1. The Labute approximate surface area is 117 Å². The van der Waals surface area contributed by atoms with Crippen LogP contribution in [-0.2, 0) is 11.2 Å². The summed E-state index contributed by atoms with van der Waals surface area (Å²) in [6.07, 6.45) is 12.8. The molecule has 1 aromatic rings. The molecule has 0 fully saturated rings. The largest absolute Gasteiger partial charge is 0.329 e. The van der Waals surface area contributed by atoms with Crippen LogP contribution in [-0.4, -0.2) is 6.41 Å². The van der Waals surface area contributed by atoms with Crippen molar-refractivity contribution < 1.29 is 4.79 Å². The number of aryl methyl sites for hydroxylation is 1. The third kappa shape index (κ3) is 7.66. The fraction of sp³-hybridized carbons (Fsp3) is 0.588. The van der Waals surface area contributed by atoms with Crippen molar-refractivity contribution in [1.29, 1.82) is 0 Å². The van der Waals surface area contributed by atoms with E-state index in [1.807, 2.05) is 12.1 Å². The van der Waals surface area contributed by atoms with Crippen molar-refractivity contribution in [2.75, 3.05) is 5.32 Å². The van der Waals surface area contributed by atoms with Gasteiger partial charge < -0.3 is 5.32 Å². The topological polar surface area (TPSA) is 29.1 Å². The summed E-state index contributed by atoms with van der Waals surface area (Å²) in [4.78, 5) is 10.3. The highest BCUT2D eigenvalue weighted by molar-refractivity contribution is 5.70. The Hall–Kier alpha value is -1.31. The highest BCUT2D eigenvalue weighted by Crippen LogP contribution is 2.13. The van der Waals surface area contributed by atoms with Crippen molar-refractivity contribution in [3.63, 3.8) is 0 Å². The SMILES string of the molecule is CCCCCCCCCCc1ccc(NC=O)cc1. The normalized spacial score (nSPS) is 10.4. The quantitative estimate of drug-likeness (QED) is 0.444. The number of nitrogens with one attached hydrogen (secondary N) is 1. The average Bonchev–Trinajstić information content (AvgIpc) is 2.44. The van der Waals surface area contributed by atoms with E-state index in [1.165, 1.54) is 56.9 Å². The van der Waals surface area contributed by atoms with Crippen LogP contribution in [0.25, 0.3) is 0 Å². The molecule has 106 valence electrons. The summed E-state index contributed by atoms with van der Waals surface area (Å²) >= 11 is 0. The monoisotopic (exact) mass is 261 g/mol. The van der Waals surface area contributed by atoms with E-state index in [9.17, 15) is 4.79 Å². The van der Waals surface area contributed by atoms with E-state index in [0.717, 1.165) is 12.1 Å². The predicted molar refractivity (Wildman–Crippen MR) is 82.4 cm³/mol. The number of unbranched alkanes of at least 4 members (excludes halogenated alkanes) is 7. The minimum Gasteiger partial charge on any atom is -0.329 e. The summed E-state index contributed by atoms with van der Waals surface area (Å²) in [6.45, 7) is 2.26. The van der Waals surface area contributed by atoms with Gasteiger partial charge in [0.1, 0.15) is 0 Å². The molecule has 2 nitrogen and oxygen atoms in total. The van der Waals surface area contributed by atoms with Crippen LogP contribution in [0.3, 0.4) is 0 Å². The molecule has 2 heteroatoms. The van der Waals surface area contributed by atoms with Crippen LogP contribution >= 0.6 is 0 Å². The number of hydrogen-bond acceptors (Lipinski definition) is 1. The Morgan fingerprint density at radius 1 is 0.895 bits per heavy atom. The Bertz CT molecular complexity index is 332. The van der Waals surface area contributed by atoms with Gasteiger partial charge in [-0.15, -0.1) is 0 Å². The Morgan fingerprint density at radius 3 is 2.05 bits per heavy atom. The summed E-state index contributed by atoms with van der Waals surface area (Å²) < 4.78 is 0. The molecular weight excluding hydrogens is 234 g/mol. The number of benzene rings is 1. The summed E-state index contributed by atoms with van der Waals surface area (Å²) in [5.41, 5.74) is 2.23. The summed E-state index contributed by atoms with van der Waals surface area (Å²) in [7, 11) is 0. The number of anilines is 1. The molecule has 0 aliphatic rings. The van der Waals surface area contributed by atoms with Gasteiger partial charge in [0.05, 0.1) is 0 Å². The second-order valence-electron chi connectivity index (χ2n) is 5.18. The van der Waals surface area contributed by atoms with E-state index in [4.69, 9.17) is 0 Å². The first kappa shape index (κ1) is 15.7. The van der Waals surface area contributed by atoms with Crippen molar-refractivity contribution in [2.45, 2.75) is 64.7 Å². The van der Waals surface area contributed by atoms with Gasteiger partial charge in [0.15, 0.2) is 0 Å². The van der Waals surface area contributed by atoms with Crippen LogP contribution in [0.5, 0.6) is 0 Å². The first-order valence-electron chi connectivity index (χ1n) is 7.66. The lowest BCUT2D eigenvalue weighted by molar-refractivity contribution is -0.105. The van der Waals surface area contributed by atoms with Crippen LogP contribution in [0.2, 0.25) is 0 Å². The van der Waals surface area contributed by atoms with Crippen molar-refractivity contribution >= 4 is 12.1 Å². The zero-order valence-corrected chi connectivity index (χ0v) is 12.2. The van der Waals surface area contributed by atoms with Gasteiger partial charge in [-0.2, -0.15) is 0 Å². The van der Waals surface area contributed by atoms with Gasteiger partial charge in [-0.05, 0) is 30.5 Å². The first-order valence-corrected chi connectivity index (χ1v) is 7.66. The van der Waals surface area contributed by atoms with E-state index in [0.29, 0.717) is 6.41 Å². The van der Waals surface area contributed by atoms with Crippen molar-refractivity contribution in [3.8, 4) is 0 Å². The van der Waals surface area contributed by atoms with Gasteiger partial charge in [0, 0.05) is 5.69 Å². The van der Waals surface area contributed by atoms with Gasteiger partial charge in [0.25, 0.3) is 0 Å². The molecule has 1 amide bonds. The predicted octanol–water partition coefficient (Wildman–Crippen LogP) is 4.94. The third-order valence-corrected chi connectivity index (χ3v) is 3.50. The first-order chi connectivity index (χ1) is 9.36. The van der Waals surface area contributed by atoms with E-state index < -0.39 is 0 Å². The van der Waals surface area contributed by atoms with E-state index in [-0.39, 0.29) is 0 Å². The number of carbonyl (C=O) groups excluding carboxylic acids is 1. The van der Waals surface area contributed by atoms with E-state index in [1.54, 1.807) is 0 Å². The molecule has 0 heterocycles. The molecule has 0 radical (unpaired) electrons. The molecule has 0 atom stereocenters. The van der Waals surface area contributed by atoms with Gasteiger partial charge in [-0.1, -0.05) is 64.0 Å². The van der Waals surface area contributed by atoms with Crippen molar-refractivity contribution in [3.05, 3.63) is 29.8 Å². The highest BCUT2D eigenvalue weighted by atomic mass is 16.1. The molecule has 0 aliphatic carbocycles. The van der Waals surface area contributed by atoms with Gasteiger partial charge >= 0.3 is 0 Å². The second kappa shape index (κ2) is 10.6. The molecule has 1 aromatic carbocycles. The zero-order valence-electron chi connectivity index (χ0n) is 12.2. The minimum absolute atomic E-state index is 0.716. The van der Waals surface area contributed by atoms with Crippen LogP contribution < -0.4 is 5.32 Å². The lowest BCUT2D eigenvalue weighted by Gasteiger charge is -2.04. The fourth-order valence-electron chi connectivity index (χ4n) is 2.30. The van der Waals surface area contributed by atoms with Gasteiger partial charge in [0.2, 0.25) is 6.41 Å². The van der Waals surface area contributed by atoms with Crippen LogP contribution in [0, 0.1) is 0 Å². The minimum atomic E-state index is 0.716. The lowest BCUT2D eigenvalue weighted by atomic mass is 10.0. The lowest BCUT2D eigenvalue weighted by Crippen LogP contribution is -1.93. The van der Waals surface area contributed by atoms with Gasteiger partial charge in [-0.25, -0.2) is 0 Å². The Balaban J connectivity index is 2.04. The van der Waals surface area contributed by atoms with E-state index in [2.05, 4.69) is 24.4 Å². The van der Waals surface area contributed by atoms with Crippen LogP contribution in [0.4, 0.5) is 5.69 Å². The maximum absolute atomic E-state index is 10.3. The van der Waals surface area contributed by atoms with Crippen molar-refractivity contribution in [2.24, 2.45) is 0 Å². The molecule has 0 saturated heterocycles. The molecule has 0 bridgehead atoms. The third-order valence-electron chi connectivity index (χ3n) is 3.50. The standard InChI is InChI=1S/C17H27NO/c1-2-3-4-5-6-7-8-9-10-16-11-13-17(14-12-16)18-15-19/h11-15H,2-10H2,1H3,(H,18,19). The Kier molecular flexibility index (Phi) is 8.78. The maximum Gasteiger partial charge on any atom is 0.211 e. The fourth-order valence-corrected chi connectivity index (χ4v) is 2.30. The van der Waals surface area contributed by atoms with E-state index >= 15 is 0 Å². The number of amides is 1. The molecule has 1 N–H and O–H groups in total. The molecule has 0 saturated carbocycles. The summed E-state index contributed by atoms with van der Waals surface area (Å²) in [5.74, 6) is 0. The second-order valence-corrected chi connectivity index (χ2v) is 5.18. The summed E-state index contributed by atoms with van der Waals surface area (Å²) in [5, 5.41) is 2.65. The van der Waals surface area contributed by atoms with Crippen LogP contribution in [0.15, 0.2) is 24.3 Å². The molecule has 19 heavy (non-hydrogen) atoms. The molecule has 0 unspecified atom stereocenters. The smallest absolute Gasteiger partial charge is 0.211 e. The highest BCUT2D eigenvalue weighted by Gasteiger charge is 1.95.